The van der Waals surface area contributed by atoms with Gasteiger partial charge in [-0.25, -0.2) is 4.79 Å². The molecule has 1 unspecified atom stereocenters. The first-order valence-electron chi connectivity index (χ1n) is 11.9. The van der Waals surface area contributed by atoms with E-state index in [0.29, 0.717) is 56.5 Å². The largest absolute Gasteiger partial charge is 0.492 e. The van der Waals surface area contributed by atoms with Crippen LogP contribution in [-0.4, -0.2) is 66.9 Å². The molecule has 1 saturated carbocycles. The Kier molecular flexibility index (Phi) is 9.44. The summed E-state index contributed by atoms with van der Waals surface area (Å²) < 4.78 is 49.1. The number of hydrogen-bond donors (Lipinski definition) is 2. The SMILES string of the molecule is CCO[C@@H](Cc1ccc(OCCN[C@H]2C3CN(C(=O)c4ccc(C(F)(F)F)cc4)C[C@@H]32)cc1)C(=O)O.Cl. The van der Waals surface area contributed by atoms with Crippen LogP contribution >= 0.6 is 12.4 Å². The molecule has 7 nitrogen and oxygen atoms in total. The molecule has 2 aromatic carbocycles. The smallest absolute Gasteiger partial charge is 0.416 e. The van der Waals surface area contributed by atoms with Gasteiger partial charge in [-0.05, 0) is 60.7 Å². The van der Waals surface area contributed by atoms with Crippen LogP contribution in [0.4, 0.5) is 13.2 Å². The zero-order valence-corrected chi connectivity index (χ0v) is 21.1. The van der Waals surface area contributed by atoms with Crippen molar-refractivity contribution in [1.29, 1.82) is 0 Å². The van der Waals surface area contributed by atoms with Crippen LogP contribution < -0.4 is 10.1 Å². The molecule has 1 heterocycles. The van der Waals surface area contributed by atoms with Crippen LogP contribution in [0.5, 0.6) is 5.75 Å². The second kappa shape index (κ2) is 12.1. The van der Waals surface area contributed by atoms with Crippen molar-refractivity contribution in [2.75, 3.05) is 32.8 Å². The van der Waals surface area contributed by atoms with Crippen LogP contribution in [0.1, 0.15) is 28.4 Å². The quantitative estimate of drug-likeness (QED) is 0.419. The average molecular weight is 543 g/mol. The van der Waals surface area contributed by atoms with Gasteiger partial charge in [0.15, 0.2) is 6.10 Å². The van der Waals surface area contributed by atoms with E-state index in [4.69, 9.17) is 9.47 Å². The zero-order chi connectivity index (χ0) is 25.9. The van der Waals surface area contributed by atoms with Crippen LogP contribution in [0.15, 0.2) is 48.5 Å². The fourth-order valence-corrected chi connectivity index (χ4v) is 4.73. The molecule has 1 saturated heterocycles. The first kappa shape index (κ1) is 28.7. The molecule has 0 aromatic heterocycles. The monoisotopic (exact) mass is 542 g/mol. The molecule has 0 radical (unpaired) electrons. The molecule has 4 rings (SSSR count). The van der Waals surface area contributed by atoms with Gasteiger partial charge in [-0.3, -0.25) is 4.79 Å². The number of fused-ring (bicyclic) bond motifs is 1. The highest BCUT2D eigenvalue weighted by Crippen LogP contribution is 2.45. The van der Waals surface area contributed by atoms with E-state index in [1.165, 1.54) is 12.1 Å². The number of likely N-dealkylation sites (tertiary alicyclic amines) is 1. The van der Waals surface area contributed by atoms with Gasteiger partial charge in [-0.1, -0.05) is 12.1 Å². The summed E-state index contributed by atoms with van der Waals surface area (Å²) in [5, 5.41) is 12.6. The predicted molar refractivity (Wildman–Crippen MR) is 132 cm³/mol. The number of carboxylic acids is 1. The highest BCUT2D eigenvalue weighted by atomic mass is 35.5. The molecular weight excluding hydrogens is 513 g/mol. The second-order valence-corrected chi connectivity index (χ2v) is 9.07. The number of aliphatic carboxylic acids is 1. The Bertz CT molecular complexity index is 1050. The Labute approximate surface area is 219 Å². The van der Waals surface area contributed by atoms with Crippen molar-refractivity contribution in [3.05, 3.63) is 65.2 Å². The number of piperidine rings is 1. The van der Waals surface area contributed by atoms with Crippen molar-refractivity contribution in [2.45, 2.75) is 31.7 Å². The molecule has 0 bridgehead atoms. The van der Waals surface area contributed by atoms with E-state index in [1.807, 2.05) is 12.1 Å². The van der Waals surface area contributed by atoms with Crippen molar-refractivity contribution in [3.63, 3.8) is 0 Å². The lowest BCUT2D eigenvalue weighted by Crippen LogP contribution is -2.36. The summed E-state index contributed by atoms with van der Waals surface area (Å²) in [7, 11) is 0. The minimum atomic E-state index is -4.42. The molecule has 2 fully saturated rings. The van der Waals surface area contributed by atoms with E-state index >= 15 is 0 Å². The van der Waals surface area contributed by atoms with E-state index in [9.17, 15) is 27.9 Å². The number of rotatable bonds is 11. The van der Waals surface area contributed by atoms with Gasteiger partial charge in [0.05, 0.1) is 5.56 Å². The Morgan fingerprint density at radius 2 is 1.70 bits per heavy atom. The Morgan fingerprint density at radius 3 is 2.24 bits per heavy atom. The maximum Gasteiger partial charge on any atom is 0.416 e. The molecule has 0 spiro atoms. The van der Waals surface area contributed by atoms with Crippen LogP contribution in [0.25, 0.3) is 0 Å². The number of nitrogens with one attached hydrogen (secondary N) is 1. The number of ether oxygens (including phenoxy) is 2. The highest BCUT2D eigenvalue weighted by molar-refractivity contribution is 5.94. The van der Waals surface area contributed by atoms with Crippen molar-refractivity contribution >= 4 is 24.3 Å². The zero-order valence-electron chi connectivity index (χ0n) is 20.2. The molecule has 1 amide bonds. The minimum absolute atomic E-state index is 0. The van der Waals surface area contributed by atoms with E-state index in [0.717, 1.165) is 17.7 Å². The lowest BCUT2D eigenvalue weighted by atomic mass is 10.1. The predicted octanol–water partition coefficient (Wildman–Crippen LogP) is 3.90. The first-order chi connectivity index (χ1) is 17.2. The van der Waals surface area contributed by atoms with Gasteiger partial charge < -0.3 is 24.8 Å². The molecule has 2 aromatic rings. The van der Waals surface area contributed by atoms with E-state index < -0.39 is 23.8 Å². The summed E-state index contributed by atoms with van der Waals surface area (Å²) in [5.74, 6) is 0.149. The van der Waals surface area contributed by atoms with Crippen molar-refractivity contribution in [3.8, 4) is 5.75 Å². The third kappa shape index (κ3) is 7.15. The number of alkyl halides is 3. The summed E-state index contributed by atoms with van der Waals surface area (Å²) >= 11 is 0. The number of amides is 1. The van der Waals surface area contributed by atoms with Gasteiger partial charge in [-0.2, -0.15) is 13.2 Å². The minimum Gasteiger partial charge on any atom is -0.492 e. The molecule has 1 aliphatic heterocycles. The van der Waals surface area contributed by atoms with Gasteiger partial charge >= 0.3 is 12.1 Å². The topological polar surface area (TPSA) is 88.1 Å². The molecule has 2 aliphatic rings. The van der Waals surface area contributed by atoms with Gasteiger partial charge in [-0.15, -0.1) is 12.4 Å². The van der Waals surface area contributed by atoms with Gasteiger partial charge in [0.1, 0.15) is 12.4 Å². The van der Waals surface area contributed by atoms with Crippen LogP contribution in [0.2, 0.25) is 0 Å². The second-order valence-electron chi connectivity index (χ2n) is 9.07. The summed E-state index contributed by atoms with van der Waals surface area (Å²) in [5.41, 5.74) is 0.353. The Balaban J connectivity index is 0.00000380. The molecule has 1 aliphatic carbocycles. The molecular formula is C26H30ClF3N2O5. The lowest BCUT2D eigenvalue weighted by Gasteiger charge is -2.20. The third-order valence-corrected chi connectivity index (χ3v) is 6.68. The van der Waals surface area contributed by atoms with E-state index in [2.05, 4.69) is 5.32 Å². The van der Waals surface area contributed by atoms with Crippen molar-refractivity contribution in [2.24, 2.45) is 11.8 Å². The Hall–Kier alpha value is -2.82. The number of nitrogens with zero attached hydrogens (tertiary/aromatic N) is 1. The molecule has 4 atom stereocenters. The van der Waals surface area contributed by atoms with Gasteiger partial charge in [0, 0.05) is 44.3 Å². The molecule has 37 heavy (non-hydrogen) atoms. The number of carbonyl (C=O) groups is 2. The van der Waals surface area contributed by atoms with Crippen molar-refractivity contribution < 1.29 is 37.3 Å². The third-order valence-electron chi connectivity index (χ3n) is 6.68. The van der Waals surface area contributed by atoms with E-state index in [-0.39, 0.29) is 30.3 Å². The van der Waals surface area contributed by atoms with Crippen LogP contribution in [0.3, 0.4) is 0 Å². The summed E-state index contributed by atoms with van der Waals surface area (Å²) in [6.45, 7) is 4.36. The summed E-state index contributed by atoms with van der Waals surface area (Å²) in [6, 6.07) is 11.9. The maximum atomic E-state index is 12.7. The first-order valence-corrected chi connectivity index (χ1v) is 11.9. The van der Waals surface area contributed by atoms with Crippen LogP contribution in [0, 0.1) is 11.8 Å². The van der Waals surface area contributed by atoms with Crippen LogP contribution in [-0.2, 0) is 22.1 Å². The number of halogens is 4. The molecule has 2 N–H and O–H groups in total. The number of carbonyl (C=O) groups excluding carboxylic acids is 1. The lowest BCUT2D eigenvalue weighted by molar-refractivity contribution is -0.150. The number of hydrogen-bond acceptors (Lipinski definition) is 5. The maximum absolute atomic E-state index is 12.7. The standard InChI is InChI=1S/C26H29F3N2O5.ClH/c1-2-35-22(25(33)34)13-16-3-9-19(10-4-16)36-12-11-30-23-20-14-31(15-21(20)23)24(32)17-5-7-18(8-6-17)26(27,28)29;/h3-10,20-23,30H,2,11-15H2,1H3,(H,33,34);1H/t20-,21?,22-,23+;/m0./s1. The van der Waals surface area contributed by atoms with Gasteiger partial charge in [0.25, 0.3) is 5.91 Å². The highest BCUT2D eigenvalue weighted by Gasteiger charge is 2.56. The molecule has 202 valence electrons. The van der Waals surface area contributed by atoms with Gasteiger partial charge in [0.2, 0.25) is 0 Å². The summed E-state index contributed by atoms with van der Waals surface area (Å²) in [4.78, 5) is 25.5. The van der Waals surface area contributed by atoms with Crippen molar-refractivity contribution in [1.82, 2.24) is 10.2 Å². The normalized spacial score (nSPS) is 21.1. The molecule has 11 heteroatoms. The Morgan fingerprint density at radius 1 is 1.08 bits per heavy atom. The number of benzene rings is 2. The van der Waals surface area contributed by atoms with E-state index in [1.54, 1.807) is 24.0 Å². The fourth-order valence-electron chi connectivity index (χ4n) is 4.73. The fraction of sp³-hybridized carbons (Fsp3) is 0.462. The summed E-state index contributed by atoms with van der Waals surface area (Å²) in [6.07, 6.45) is -5.00. The number of carboxylic acid groups (broad SMARTS) is 1. The average Bonchev–Trinajstić information content (AvgIpc) is 3.29.